The van der Waals surface area contributed by atoms with Crippen LogP contribution in [0.25, 0.3) is 22.0 Å². The number of nitrogens with zero attached hydrogens (tertiary/aromatic N) is 1. The van der Waals surface area contributed by atoms with E-state index in [4.69, 9.17) is 4.74 Å². The summed E-state index contributed by atoms with van der Waals surface area (Å²) in [7, 11) is 0. The molecule has 2 aromatic carbocycles. The molecule has 1 aliphatic heterocycles. The minimum absolute atomic E-state index is 0.489. The standard InChI is InChI=1S/C22H22N2O5/c1-12-4-2-3-5-16(12)14-8-13(19-15(9-14)10-23-24-19)6-7-17-20(26)22(28)21(27)18(11-25)29-17/h2-5,8-10,17-18,20-22,25-28H,11H2,1H3,(H,23,24)/t17-,18-,20-,21-,22-/m1/s1. The quantitative estimate of drug-likeness (QED) is 0.409. The lowest BCUT2D eigenvalue weighted by Crippen LogP contribution is -2.58. The van der Waals surface area contributed by atoms with Crippen LogP contribution in [0, 0.1) is 18.8 Å². The van der Waals surface area contributed by atoms with Crippen LogP contribution in [0.4, 0.5) is 0 Å². The number of aliphatic hydroxyl groups is 4. The molecule has 150 valence electrons. The number of fused-ring (bicyclic) bond motifs is 1. The maximum absolute atomic E-state index is 10.2. The van der Waals surface area contributed by atoms with Gasteiger partial charge in [0.15, 0.2) is 0 Å². The van der Waals surface area contributed by atoms with E-state index in [0.717, 1.165) is 27.6 Å². The maximum Gasteiger partial charge on any atom is 0.147 e. The second-order valence-electron chi connectivity index (χ2n) is 7.19. The third-order valence-corrected chi connectivity index (χ3v) is 5.25. The van der Waals surface area contributed by atoms with Crippen molar-refractivity contribution in [2.24, 2.45) is 0 Å². The van der Waals surface area contributed by atoms with Gasteiger partial charge >= 0.3 is 0 Å². The van der Waals surface area contributed by atoms with Gasteiger partial charge in [-0.3, -0.25) is 5.10 Å². The molecule has 1 saturated heterocycles. The van der Waals surface area contributed by atoms with Gasteiger partial charge in [0.2, 0.25) is 0 Å². The predicted molar refractivity (Wildman–Crippen MR) is 107 cm³/mol. The van der Waals surface area contributed by atoms with E-state index in [1.165, 1.54) is 0 Å². The Morgan fingerprint density at radius 1 is 1.10 bits per heavy atom. The second-order valence-corrected chi connectivity index (χ2v) is 7.19. The van der Waals surface area contributed by atoms with Crippen LogP contribution in [-0.2, 0) is 4.74 Å². The Bertz CT molecular complexity index is 1080. The largest absolute Gasteiger partial charge is 0.394 e. The summed E-state index contributed by atoms with van der Waals surface area (Å²) in [4.78, 5) is 0. The van der Waals surface area contributed by atoms with Gasteiger partial charge in [-0.05, 0) is 35.7 Å². The number of benzene rings is 2. The fourth-order valence-corrected chi connectivity index (χ4v) is 3.58. The highest BCUT2D eigenvalue weighted by molar-refractivity contribution is 5.89. The molecule has 0 radical (unpaired) electrons. The molecule has 3 aromatic rings. The summed E-state index contributed by atoms with van der Waals surface area (Å²) in [6, 6.07) is 12.0. The third kappa shape index (κ3) is 3.65. The normalized spacial score (nSPS) is 26.9. The van der Waals surface area contributed by atoms with Crippen molar-refractivity contribution in [1.29, 1.82) is 0 Å². The van der Waals surface area contributed by atoms with Gasteiger partial charge in [0, 0.05) is 5.39 Å². The van der Waals surface area contributed by atoms with Gasteiger partial charge in [0.1, 0.15) is 30.5 Å². The van der Waals surface area contributed by atoms with Crippen LogP contribution in [0.5, 0.6) is 0 Å². The Kier molecular flexibility index (Phi) is 5.37. The monoisotopic (exact) mass is 394 g/mol. The second kappa shape index (κ2) is 7.95. The van der Waals surface area contributed by atoms with Crippen LogP contribution in [-0.4, -0.2) is 67.8 Å². The van der Waals surface area contributed by atoms with Gasteiger partial charge in [0.25, 0.3) is 0 Å². The average Bonchev–Trinajstić information content (AvgIpc) is 3.20. The molecule has 7 heteroatoms. The SMILES string of the molecule is Cc1ccccc1-c1cc(C#C[C@H]2O[C@H](CO)[C@@H](O)[C@H](O)[C@@H]2O)c2[nH]ncc2c1. The molecule has 2 heterocycles. The molecule has 7 nitrogen and oxygen atoms in total. The topological polar surface area (TPSA) is 119 Å². The van der Waals surface area contributed by atoms with Crippen LogP contribution in [0.2, 0.25) is 0 Å². The molecule has 1 aromatic heterocycles. The van der Waals surface area contributed by atoms with Crippen molar-refractivity contribution in [2.45, 2.75) is 37.4 Å². The van der Waals surface area contributed by atoms with E-state index in [1.807, 2.05) is 43.3 Å². The van der Waals surface area contributed by atoms with E-state index in [2.05, 4.69) is 22.0 Å². The number of rotatable bonds is 2. The first-order chi connectivity index (χ1) is 14.0. The van der Waals surface area contributed by atoms with Crippen molar-refractivity contribution in [3.05, 3.63) is 53.7 Å². The lowest BCUT2D eigenvalue weighted by atomic mass is 9.94. The summed E-state index contributed by atoms with van der Waals surface area (Å²) >= 11 is 0. The number of aliphatic hydroxyl groups excluding tert-OH is 4. The van der Waals surface area contributed by atoms with Gasteiger partial charge in [-0.25, -0.2) is 0 Å². The van der Waals surface area contributed by atoms with Crippen LogP contribution in [0.15, 0.2) is 42.6 Å². The minimum Gasteiger partial charge on any atom is -0.394 e. The molecule has 0 amide bonds. The van der Waals surface area contributed by atoms with Crippen molar-refractivity contribution in [2.75, 3.05) is 6.61 Å². The van der Waals surface area contributed by atoms with Gasteiger partial charge in [0.05, 0.1) is 23.9 Å². The number of ether oxygens (including phenoxy) is 1. The van der Waals surface area contributed by atoms with Crippen molar-refractivity contribution in [1.82, 2.24) is 10.2 Å². The first-order valence-corrected chi connectivity index (χ1v) is 9.35. The zero-order valence-electron chi connectivity index (χ0n) is 15.8. The number of aryl methyl sites for hydroxylation is 1. The number of hydrogen-bond acceptors (Lipinski definition) is 6. The van der Waals surface area contributed by atoms with E-state index in [-0.39, 0.29) is 0 Å². The molecular weight excluding hydrogens is 372 g/mol. The molecule has 1 aliphatic rings. The van der Waals surface area contributed by atoms with Crippen LogP contribution in [0.3, 0.4) is 0 Å². The van der Waals surface area contributed by atoms with Crippen LogP contribution in [0.1, 0.15) is 11.1 Å². The Morgan fingerprint density at radius 2 is 1.90 bits per heavy atom. The lowest BCUT2D eigenvalue weighted by Gasteiger charge is -2.37. The highest BCUT2D eigenvalue weighted by Gasteiger charge is 2.42. The average molecular weight is 394 g/mol. The van der Waals surface area contributed by atoms with E-state index in [1.54, 1.807) is 6.20 Å². The lowest BCUT2D eigenvalue weighted by molar-refractivity contribution is -0.214. The molecule has 0 spiro atoms. The van der Waals surface area contributed by atoms with Crippen molar-refractivity contribution in [3.63, 3.8) is 0 Å². The van der Waals surface area contributed by atoms with E-state index < -0.39 is 37.1 Å². The summed E-state index contributed by atoms with van der Waals surface area (Å²) in [5.41, 5.74) is 4.60. The van der Waals surface area contributed by atoms with Gasteiger partial charge in [-0.15, -0.1) is 0 Å². The number of aromatic amines is 1. The zero-order chi connectivity index (χ0) is 20.5. The highest BCUT2D eigenvalue weighted by atomic mass is 16.5. The molecule has 4 rings (SSSR count). The van der Waals surface area contributed by atoms with Gasteiger partial charge < -0.3 is 25.2 Å². The van der Waals surface area contributed by atoms with Crippen LogP contribution >= 0.6 is 0 Å². The number of hydrogen-bond donors (Lipinski definition) is 5. The summed E-state index contributed by atoms with van der Waals surface area (Å²) in [5.74, 6) is 5.83. The molecule has 5 atom stereocenters. The molecule has 29 heavy (non-hydrogen) atoms. The molecule has 1 fully saturated rings. The summed E-state index contributed by atoms with van der Waals surface area (Å²) in [6.07, 6.45) is -4.57. The Labute approximate surface area is 167 Å². The first kappa shape index (κ1) is 19.6. The van der Waals surface area contributed by atoms with Crippen LogP contribution < -0.4 is 0 Å². The maximum atomic E-state index is 10.2. The first-order valence-electron chi connectivity index (χ1n) is 9.35. The Hall–Kier alpha value is -2.73. The number of H-pyrrole nitrogens is 1. The predicted octanol–water partition coefficient (Wildman–Crippen LogP) is 0.732. The third-order valence-electron chi connectivity index (χ3n) is 5.25. The van der Waals surface area contributed by atoms with Gasteiger partial charge in [-0.1, -0.05) is 36.1 Å². The van der Waals surface area contributed by atoms with E-state index in [0.29, 0.717) is 5.56 Å². The Balaban J connectivity index is 1.74. The fourth-order valence-electron chi connectivity index (χ4n) is 3.58. The molecule has 0 bridgehead atoms. The minimum atomic E-state index is -1.45. The van der Waals surface area contributed by atoms with Gasteiger partial charge in [-0.2, -0.15) is 5.10 Å². The van der Waals surface area contributed by atoms with Crippen molar-refractivity contribution < 1.29 is 25.2 Å². The summed E-state index contributed by atoms with van der Waals surface area (Å²) in [6.45, 7) is 1.55. The molecule has 0 unspecified atom stereocenters. The van der Waals surface area contributed by atoms with E-state index >= 15 is 0 Å². The number of nitrogens with one attached hydrogen (secondary N) is 1. The van der Waals surface area contributed by atoms with Crippen molar-refractivity contribution >= 4 is 10.9 Å². The fraction of sp³-hybridized carbons (Fsp3) is 0.318. The Morgan fingerprint density at radius 3 is 2.66 bits per heavy atom. The highest BCUT2D eigenvalue weighted by Crippen LogP contribution is 2.29. The molecule has 0 aliphatic carbocycles. The summed E-state index contributed by atoms with van der Waals surface area (Å²) < 4.78 is 5.47. The summed E-state index contributed by atoms with van der Waals surface area (Å²) in [5, 5.41) is 47.3. The number of aromatic nitrogens is 2. The van der Waals surface area contributed by atoms with E-state index in [9.17, 15) is 20.4 Å². The van der Waals surface area contributed by atoms with Crippen molar-refractivity contribution in [3.8, 4) is 23.0 Å². The zero-order valence-corrected chi connectivity index (χ0v) is 15.8. The molecule has 0 saturated carbocycles. The molecule has 5 N–H and O–H groups in total. The smallest absolute Gasteiger partial charge is 0.147 e. The molecular formula is C22H22N2O5.